The van der Waals surface area contributed by atoms with E-state index in [9.17, 15) is 4.39 Å². The molecule has 0 saturated heterocycles. The number of hydrogen-bond acceptors (Lipinski definition) is 2. The number of imidazole rings is 1. The molecule has 0 bridgehead atoms. The average molecular weight is 295 g/mol. The van der Waals surface area contributed by atoms with Gasteiger partial charge in [-0.1, -0.05) is 12.1 Å². The van der Waals surface area contributed by atoms with Gasteiger partial charge in [-0.3, -0.25) is 4.40 Å². The summed E-state index contributed by atoms with van der Waals surface area (Å²) in [5.41, 5.74) is 2.06. The van der Waals surface area contributed by atoms with Crippen molar-refractivity contribution in [1.29, 1.82) is 0 Å². The topological polar surface area (TPSA) is 17.3 Å². The summed E-state index contributed by atoms with van der Waals surface area (Å²) in [7, 11) is 0. The lowest BCUT2D eigenvalue weighted by atomic mass is 9.96. The zero-order valence-electron chi connectivity index (χ0n) is 10.1. The summed E-state index contributed by atoms with van der Waals surface area (Å²) < 4.78 is 14.9. The third kappa shape index (κ3) is 2.65. The molecule has 0 saturated carbocycles. The Morgan fingerprint density at radius 1 is 1.32 bits per heavy atom. The van der Waals surface area contributed by atoms with E-state index < -0.39 is 0 Å². The minimum Gasteiger partial charge on any atom is -0.297 e. The van der Waals surface area contributed by atoms with Crippen LogP contribution in [0.1, 0.15) is 17.2 Å². The number of halogens is 2. The van der Waals surface area contributed by atoms with E-state index in [1.54, 1.807) is 23.5 Å². The molecule has 0 aliphatic carbocycles. The van der Waals surface area contributed by atoms with Crippen LogP contribution in [0.25, 0.3) is 4.96 Å². The average Bonchev–Trinajstić information content (AvgIpc) is 2.98. The molecule has 98 valence electrons. The summed E-state index contributed by atoms with van der Waals surface area (Å²) in [6.07, 6.45) is 4.78. The van der Waals surface area contributed by atoms with Crippen molar-refractivity contribution in [3.8, 4) is 0 Å². The Labute approximate surface area is 119 Å². The minimum atomic E-state index is -0.223. The van der Waals surface area contributed by atoms with Crippen LogP contribution in [-0.2, 0) is 6.42 Å². The van der Waals surface area contributed by atoms with Crippen molar-refractivity contribution >= 4 is 27.9 Å². The first kappa shape index (κ1) is 12.6. The third-order valence-corrected chi connectivity index (χ3v) is 4.27. The highest BCUT2D eigenvalue weighted by atomic mass is 35.5. The Morgan fingerprint density at radius 2 is 2.11 bits per heavy atom. The van der Waals surface area contributed by atoms with Gasteiger partial charge in [0.1, 0.15) is 5.82 Å². The van der Waals surface area contributed by atoms with Crippen molar-refractivity contribution in [3.63, 3.8) is 0 Å². The number of rotatable bonds is 4. The van der Waals surface area contributed by atoms with Crippen molar-refractivity contribution in [1.82, 2.24) is 9.38 Å². The largest absolute Gasteiger partial charge is 0.297 e. The van der Waals surface area contributed by atoms with Crippen molar-refractivity contribution in [3.05, 3.63) is 59.1 Å². The summed E-state index contributed by atoms with van der Waals surface area (Å²) in [6, 6.07) is 6.53. The van der Waals surface area contributed by atoms with Crippen LogP contribution >= 0.6 is 22.9 Å². The fourth-order valence-corrected chi connectivity index (χ4v) is 3.13. The molecule has 0 aliphatic rings. The highest BCUT2D eigenvalue weighted by molar-refractivity contribution is 7.15. The van der Waals surface area contributed by atoms with Crippen LogP contribution in [0.15, 0.2) is 42.0 Å². The van der Waals surface area contributed by atoms with E-state index in [4.69, 9.17) is 11.6 Å². The molecule has 1 unspecified atom stereocenters. The van der Waals surface area contributed by atoms with Crippen LogP contribution in [-0.4, -0.2) is 15.3 Å². The molecule has 3 rings (SSSR count). The quantitative estimate of drug-likeness (QED) is 0.662. The summed E-state index contributed by atoms with van der Waals surface area (Å²) in [5.74, 6) is 0.433. The summed E-state index contributed by atoms with van der Waals surface area (Å²) in [4.78, 5) is 5.54. The predicted octanol–water partition coefficient (Wildman–Crippen LogP) is 4.10. The zero-order valence-corrected chi connectivity index (χ0v) is 11.7. The molecule has 3 aromatic rings. The lowest BCUT2D eigenvalue weighted by Crippen LogP contribution is -2.05. The lowest BCUT2D eigenvalue weighted by molar-refractivity contribution is 0.625. The Hall–Kier alpha value is -1.39. The Bertz CT molecular complexity index is 646. The van der Waals surface area contributed by atoms with E-state index in [2.05, 4.69) is 4.98 Å². The number of hydrogen-bond donors (Lipinski definition) is 0. The van der Waals surface area contributed by atoms with E-state index in [-0.39, 0.29) is 11.7 Å². The zero-order chi connectivity index (χ0) is 13.2. The van der Waals surface area contributed by atoms with Gasteiger partial charge in [-0.15, -0.1) is 22.9 Å². The van der Waals surface area contributed by atoms with Crippen LogP contribution in [0.3, 0.4) is 0 Å². The van der Waals surface area contributed by atoms with Crippen LogP contribution in [0.2, 0.25) is 0 Å². The SMILES string of the molecule is Fc1ccc(C(CCl)Cc2cn3ccsc3n2)cc1. The molecule has 0 N–H and O–H groups in total. The van der Waals surface area contributed by atoms with Gasteiger partial charge >= 0.3 is 0 Å². The van der Waals surface area contributed by atoms with Crippen LogP contribution in [0.4, 0.5) is 4.39 Å². The maximum atomic E-state index is 12.9. The number of benzene rings is 1. The molecule has 1 atom stereocenters. The molecule has 0 aliphatic heterocycles. The van der Waals surface area contributed by atoms with Gasteiger partial charge < -0.3 is 0 Å². The van der Waals surface area contributed by atoms with Crippen LogP contribution in [0.5, 0.6) is 0 Å². The monoisotopic (exact) mass is 294 g/mol. The van der Waals surface area contributed by atoms with E-state index in [0.717, 1.165) is 22.6 Å². The van der Waals surface area contributed by atoms with Gasteiger partial charge in [-0.05, 0) is 24.1 Å². The first-order chi connectivity index (χ1) is 9.26. The summed E-state index contributed by atoms with van der Waals surface area (Å²) >= 11 is 7.65. The molecular formula is C14H12ClFN2S. The molecular weight excluding hydrogens is 283 g/mol. The van der Waals surface area contributed by atoms with Crippen LogP contribution < -0.4 is 0 Å². The molecule has 19 heavy (non-hydrogen) atoms. The Morgan fingerprint density at radius 3 is 2.79 bits per heavy atom. The maximum absolute atomic E-state index is 12.9. The second kappa shape index (κ2) is 5.31. The smallest absolute Gasteiger partial charge is 0.193 e. The molecule has 2 heterocycles. The fraction of sp³-hybridized carbons (Fsp3) is 0.214. The van der Waals surface area contributed by atoms with Gasteiger partial charge in [0.05, 0.1) is 5.69 Å². The molecule has 5 heteroatoms. The molecule has 0 fully saturated rings. The van der Waals surface area contributed by atoms with Gasteiger partial charge in [-0.2, -0.15) is 0 Å². The summed E-state index contributed by atoms with van der Waals surface area (Å²) in [5, 5.41) is 2.01. The summed E-state index contributed by atoms with van der Waals surface area (Å²) in [6.45, 7) is 0. The molecule has 2 aromatic heterocycles. The molecule has 0 radical (unpaired) electrons. The molecule has 0 spiro atoms. The van der Waals surface area contributed by atoms with E-state index in [1.807, 2.05) is 22.2 Å². The number of alkyl halides is 1. The van der Waals surface area contributed by atoms with Gasteiger partial charge in [0, 0.05) is 29.6 Å². The maximum Gasteiger partial charge on any atom is 0.193 e. The van der Waals surface area contributed by atoms with Gasteiger partial charge in [0.25, 0.3) is 0 Å². The van der Waals surface area contributed by atoms with E-state index in [1.165, 1.54) is 12.1 Å². The first-order valence-corrected chi connectivity index (χ1v) is 7.40. The van der Waals surface area contributed by atoms with Gasteiger partial charge in [0.2, 0.25) is 0 Å². The molecule has 2 nitrogen and oxygen atoms in total. The minimum absolute atomic E-state index is 0.159. The lowest BCUT2D eigenvalue weighted by Gasteiger charge is -2.12. The highest BCUT2D eigenvalue weighted by Gasteiger charge is 2.14. The highest BCUT2D eigenvalue weighted by Crippen LogP contribution is 2.23. The predicted molar refractivity (Wildman–Crippen MR) is 76.6 cm³/mol. The van der Waals surface area contributed by atoms with Crippen molar-refractivity contribution in [2.75, 3.05) is 5.88 Å². The normalized spacial score (nSPS) is 12.9. The number of fused-ring (bicyclic) bond motifs is 1. The van der Waals surface area contributed by atoms with E-state index >= 15 is 0 Å². The Balaban J connectivity index is 1.83. The molecule has 1 aromatic carbocycles. The second-order valence-electron chi connectivity index (χ2n) is 4.43. The van der Waals surface area contributed by atoms with E-state index in [0.29, 0.717) is 5.88 Å². The van der Waals surface area contributed by atoms with Crippen molar-refractivity contribution in [2.45, 2.75) is 12.3 Å². The number of nitrogens with zero attached hydrogens (tertiary/aromatic N) is 2. The molecule has 0 amide bonds. The van der Waals surface area contributed by atoms with Gasteiger partial charge in [-0.25, -0.2) is 9.37 Å². The Kier molecular flexibility index (Phi) is 3.53. The van der Waals surface area contributed by atoms with Crippen molar-refractivity contribution in [2.24, 2.45) is 0 Å². The second-order valence-corrected chi connectivity index (χ2v) is 5.61. The third-order valence-electron chi connectivity index (χ3n) is 3.13. The standard InChI is InChI=1S/C14H12ClFN2S/c15-8-11(10-1-3-12(16)4-2-10)7-13-9-18-5-6-19-14(18)17-13/h1-6,9,11H,7-8H2. The fourth-order valence-electron chi connectivity index (χ4n) is 2.12. The van der Waals surface area contributed by atoms with Crippen LogP contribution in [0, 0.1) is 5.82 Å². The number of aromatic nitrogens is 2. The van der Waals surface area contributed by atoms with Crippen molar-refractivity contribution < 1.29 is 4.39 Å². The number of thiazole rings is 1. The first-order valence-electron chi connectivity index (χ1n) is 5.99. The van der Waals surface area contributed by atoms with Gasteiger partial charge in [0.15, 0.2) is 4.96 Å².